The lowest BCUT2D eigenvalue weighted by molar-refractivity contribution is 0.0649. The van der Waals surface area contributed by atoms with Gasteiger partial charge in [-0.15, -0.1) is 0 Å². The Balaban J connectivity index is 3.02. The first-order valence-electron chi connectivity index (χ1n) is 3.76. The molecule has 1 aromatic heterocycles. The zero-order valence-electron chi connectivity index (χ0n) is 7.11. The van der Waals surface area contributed by atoms with Gasteiger partial charge in [-0.2, -0.15) is 5.26 Å². The minimum atomic E-state index is -1.25. The van der Waals surface area contributed by atoms with Crippen molar-refractivity contribution >= 4 is 15.9 Å². The van der Waals surface area contributed by atoms with Crippen molar-refractivity contribution in [1.29, 1.82) is 5.26 Å². The minimum absolute atomic E-state index is 0.485. The Kier molecular flexibility index (Phi) is 3.02. The highest BCUT2D eigenvalue weighted by Crippen LogP contribution is 2.27. The number of nitrogens with zero attached hydrogens (tertiary/aromatic N) is 2. The fourth-order valence-electron chi connectivity index (χ4n) is 0.918. The molecular weight excluding hydrogens is 232 g/mol. The lowest BCUT2D eigenvalue weighted by atomic mass is 9.98. The van der Waals surface area contributed by atoms with Crippen LogP contribution in [0.15, 0.2) is 24.4 Å². The highest BCUT2D eigenvalue weighted by atomic mass is 79.9. The number of hydrogen-bond donors (Lipinski definition) is 1. The Morgan fingerprint density at radius 3 is 2.85 bits per heavy atom. The Labute approximate surface area is 85.2 Å². The third kappa shape index (κ3) is 2.06. The van der Waals surface area contributed by atoms with Crippen LogP contribution in [-0.4, -0.2) is 14.9 Å². The van der Waals surface area contributed by atoms with E-state index in [1.54, 1.807) is 31.3 Å². The maximum Gasteiger partial charge on any atom is 0.135 e. The first-order valence-corrected chi connectivity index (χ1v) is 4.68. The van der Waals surface area contributed by atoms with E-state index in [1.165, 1.54) is 0 Å². The van der Waals surface area contributed by atoms with Gasteiger partial charge in [0.25, 0.3) is 0 Å². The summed E-state index contributed by atoms with van der Waals surface area (Å²) in [6, 6.07) is 7.15. The van der Waals surface area contributed by atoms with Gasteiger partial charge in [-0.1, -0.05) is 22.0 Å². The zero-order valence-corrected chi connectivity index (χ0v) is 8.69. The van der Waals surface area contributed by atoms with Crippen LogP contribution in [0.1, 0.15) is 12.6 Å². The lowest BCUT2D eigenvalue weighted by Gasteiger charge is -2.23. The molecule has 68 valence electrons. The van der Waals surface area contributed by atoms with Gasteiger partial charge >= 0.3 is 0 Å². The maximum absolute atomic E-state index is 9.92. The summed E-state index contributed by atoms with van der Waals surface area (Å²) in [5, 5.41) is 18.6. The molecule has 1 aromatic rings. The highest BCUT2D eigenvalue weighted by Gasteiger charge is 2.33. The predicted octanol–water partition coefficient (Wildman–Crippen LogP) is 1.58. The van der Waals surface area contributed by atoms with E-state index >= 15 is 0 Å². The molecule has 1 rings (SSSR count). The van der Waals surface area contributed by atoms with Crippen molar-refractivity contribution in [3.63, 3.8) is 0 Å². The van der Waals surface area contributed by atoms with E-state index in [0.29, 0.717) is 5.69 Å². The van der Waals surface area contributed by atoms with Gasteiger partial charge in [-0.05, 0) is 19.1 Å². The standard InChI is InChI=1S/C9H9BrN2O/c1-9(13,7(10)6-11)8-4-2-3-5-12-8/h2-5,7,13H,1H3. The molecule has 0 bridgehead atoms. The number of aliphatic hydroxyl groups is 1. The van der Waals surface area contributed by atoms with Crippen LogP contribution in [0.3, 0.4) is 0 Å². The molecule has 0 fully saturated rings. The molecule has 0 aliphatic rings. The van der Waals surface area contributed by atoms with Crippen LogP contribution in [0.5, 0.6) is 0 Å². The maximum atomic E-state index is 9.92. The summed E-state index contributed by atoms with van der Waals surface area (Å²) in [5.41, 5.74) is -0.769. The van der Waals surface area contributed by atoms with Gasteiger partial charge in [-0.3, -0.25) is 4.98 Å². The number of pyridine rings is 1. The van der Waals surface area contributed by atoms with Crippen molar-refractivity contribution in [2.75, 3.05) is 0 Å². The second-order valence-corrected chi connectivity index (χ2v) is 3.77. The molecule has 0 spiro atoms. The SMILES string of the molecule is CC(O)(c1ccccn1)C(Br)C#N. The molecule has 0 aliphatic carbocycles. The van der Waals surface area contributed by atoms with Gasteiger partial charge in [0.2, 0.25) is 0 Å². The summed E-state index contributed by atoms with van der Waals surface area (Å²) < 4.78 is 0. The van der Waals surface area contributed by atoms with E-state index in [1.807, 2.05) is 6.07 Å². The fraction of sp³-hybridized carbons (Fsp3) is 0.333. The first-order chi connectivity index (χ1) is 6.09. The molecule has 4 heteroatoms. The average Bonchev–Trinajstić information content (AvgIpc) is 2.18. The van der Waals surface area contributed by atoms with Crippen LogP contribution in [0.25, 0.3) is 0 Å². The van der Waals surface area contributed by atoms with Crippen molar-refractivity contribution in [3.8, 4) is 6.07 Å². The van der Waals surface area contributed by atoms with Crippen LogP contribution in [0.2, 0.25) is 0 Å². The number of rotatable bonds is 2. The number of nitriles is 1. The summed E-state index contributed by atoms with van der Waals surface area (Å²) in [6.45, 7) is 1.55. The molecule has 1 heterocycles. The number of alkyl halides is 1. The third-order valence-electron chi connectivity index (χ3n) is 1.79. The van der Waals surface area contributed by atoms with Gasteiger partial charge in [0.15, 0.2) is 0 Å². The van der Waals surface area contributed by atoms with Gasteiger partial charge in [0.05, 0.1) is 11.8 Å². The van der Waals surface area contributed by atoms with Crippen molar-refractivity contribution < 1.29 is 5.11 Å². The molecule has 1 N–H and O–H groups in total. The summed E-state index contributed by atoms with van der Waals surface area (Å²) in [4.78, 5) is 3.33. The number of hydrogen-bond acceptors (Lipinski definition) is 3. The van der Waals surface area contributed by atoms with Crippen LogP contribution in [-0.2, 0) is 5.60 Å². The Morgan fingerprint density at radius 2 is 2.38 bits per heavy atom. The molecule has 0 aromatic carbocycles. The molecule has 3 nitrogen and oxygen atoms in total. The van der Waals surface area contributed by atoms with Crippen molar-refractivity contribution in [3.05, 3.63) is 30.1 Å². The molecule has 0 saturated carbocycles. The Hall–Kier alpha value is -0.920. The van der Waals surface area contributed by atoms with E-state index in [4.69, 9.17) is 5.26 Å². The van der Waals surface area contributed by atoms with E-state index in [-0.39, 0.29) is 0 Å². The Morgan fingerprint density at radius 1 is 1.69 bits per heavy atom. The van der Waals surface area contributed by atoms with Gasteiger partial charge < -0.3 is 5.11 Å². The van der Waals surface area contributed by atoms with Crippen LogP contribution in [0, 0.1) is 11.3 Å². The lowest BCUT2D eigenvalue weighted by Crippen LogP contribution is -2.32. The molecule has 2 atom stereocenters. The summed E-state index contributed by atoms with van der Waals surface area (Å²) in [6.07, 6.45) is 1.58. The summed E-state index contributed by atoms with van der Waals surface area (Å²) in [5.74, 6) is 0. The van der Waals surface area contributed by atoms with Crippen LogP contribution < -0.4 is 0 Å². The summed E-state index contributed by atoms with van der Waals surface area (Å²) >= 11 is 3.08. The first kappa shape index (κ1) is 10.2. The van der Waals surface area contributed by atoms with E-state index in [2.05, 4.69) is 20.9 Å². The minimum Gasteiger partial charge on any atom is -0.382 e. The van der Waals surface area contributed by atoms with Gasteiger partial charge in [0, 0.05) is 6.20 Å². The average molecular weight is 241 g/mol. The molecule has 2 unspecified atom stereocenters. The molecular formula is C9H9BrN2O. The fourth-order valence-corrected chi connectivity index (χ4v) is 1.15. The molecule has 0 saturated heterocycles. The Bertz CT molecular complexity index is 318. The molecule has 0 amide bonds. The van der Waals surface area contributed by atoms with Crippen LogP contribution >= 0.6 is 15.9 Å². The second-order valence-electron chi connectivity index (χ2n) is 2.85. The quantitative estimate of drug-likeness (QED) is 0.799. The zero-order chi connectivity index (χ0) is 9.90. The normalized spacial score (nSPS) is 17.1. The van der Waals surface area contributed by atoms with Crippen LogP contribution in [0.4, 0.5) is 0 Å². The smallest absolute Gasteiger partial charge is 0.135 e. The number of aromatic nitrogens is 1. The van der Waals surface area contributed by atoms with Crippen molar-refractivity contribution in [2.45, 2.75) is 17.4 Å². The van der Waals surface area contributed by atoms with Crippen molar-refractivity contribution in [1.82, 2.24) is 4.98 Å². The topological polar surface area (TPSA) is 56.9 Å². The highest BCUT2D eigenvalue weighted by molar-refractivity contribution is 9.09. The molecule has 0 radical (unpaired) electrons. The van der Waals surface area contributed by atoms with Crippen molar-refractivity contribution in [2.24, 2.45) is 0 Å². The molecule has 13 heavy (non-hydrogen) atoms. The second kappa shape index (κ2) is 3.86. The monoisotopic (exact) mass is 240 g/mol. The van der Waals surface area contributed by atoms with E-state index in [0.717, 1.165) is 0 Å². The van der Waals surface area contributed by atoms with Gasteiger partial charge in [-0.25, -0.2) is 0 Å². The predicted molar refractivity (Wildman–Crippen MR) is 52.1 cm³/mol. The third-order valence-corrected chi connectivity index (χ3v) is 2.89. The van der Waals surface area contributed by atoms with E-state index < -0.39 is 10.4 Å². The molecule has 0 aliphatic heterocycles. The van der Waals surface area contributed by atoms with E-state index in [9.17, 15) is 5.11 Å². The summed E-state index contributed by atoms with van der Waals surface area (Å²) in [7, 11) is 0. The number of halogens is 1. The largest absolute Gasteiger partial charge is 0.382 e. The van der Waals surface area contributed by atoms with Gasteiger partial charge in [0.1, 0.15) is 10.4 Å².